The van der Waals surface area contributed by atoms with Crippen LogP contribution < -0.4 is 4.90 Å². The van der Waals surface area contributed by atoms with E-state index < -0.39 is 0 Å². The maximum atomic E-state index is 4.51. The third-order valence-corrected chi connectivity index (χ3v) is 5.33. The molecule has 6 heteroatoms. The Morgan fingerprint density at radius 2 is 1.74 bits per heavy atom. The molecule has 0 atom stereocenters. The normalized spacial score (nSPS) is 15.5. The van der Waals surface area contributed by atoms with Crippen LogP contribution in [0.2, 0.25) is 0 Å². The molecule has 1 saturated heterocycles. The molecule has 2 N–H and O–H groups in total. The van der Waals surface area contributed by atoms with E-state index in [0.717, 1.165) is 54.3 Å². The predicted molar refractivity (Wildman–Crippen MR) is 109 cm³/mol. The second-order valence-corrected chi connectivity index (χ2v) is 7.11. The zero-order chi connectivity index (χ0) is 18.2. The minimum Gasteiger partial charge on any atom is -0.368 e. The Morgan fingerprint density at radius 3 is 2.56 bits per heavy atom. The number of nitrogens with zero attached hydrogens (tertiary/aromatic N) is 4. The van der Waals surface area contributed by atoms with Gasteiger partial charge in [-0.15, -0.1) is 0 Å². The van der Waals surface area contributed by atoms with Crippen molar-refractivity contribution in [3.8, 4) is 22.6 Å². The van der Waals surface area contributed by atoms with Crippen LogP contribution in [0.15, 0.2) is 54.9 Å². The fourth-order valence-corrected chi connectivity index (χ4v) is 3.74. The van der Waals surface area contributed by atoms with Crippen molar-refractivity contribution in [1.29, 1.82) is 0 Å². The van der Waals surface area contributed by atoms with Crippen LogP contribution in [0.1, 0.15) is 0 Å². The summed E-state index contributed by atoms with van der Waals surface area (Å²) in [5, 5.41) is 8.90. The number of aromatic amines is 2. The summed E-state index contributed by atoms with van der Waals surface area (Å²) in [4.78, 5) is 12.5. The number of hydrogen-bond donors (Lipinski definition) is 2. The van der Waals surface area contributed by atoms with Crippen LogP contribution in [0, 0.1) is 0 Å². The van der Waals surface area contributed by atoms with Gasteiger partial charge in [0, 0.05) is 60.7 Å². The van der Waals surface area contributed by atoms with Crippen molar-refractivity contribution in [2.75, 3.05) is 38.1 Å². The lowest BCUT2D eigenvalue weighted by molar-refractivity contribution is 0.313. The highest BCUT2D eigenvalue weighted by atomic mass is 15.2. The summed E-state index contributed by atoms with van der Waals surface area (Å²) in [6.45, 7) is 4.32. The zero-order valence-corrected chi connectivity index (χ0v) is 15.3. The first-order chi connectivity index (χ1) is 13.3. The van der Waals surface area contributed by atoms with Crippen LogP contribution >= 0.6 is 0 Å². The second kappa shape index (κ2) is 6.55. The van der Waals surface area contributed by atoms with E-state index in [-0.39, 0.29) is 0 Å². The van der Waals surface area contributed by atoms with Gasteiger partial charge in [0.25, 0.3) is 0 Å². The number of rotatable bonds is 3. The highest BCUT2D eigenvalue weighted by molar-refractivity contribution is 5.96. The van der Waals surface area contributed by atoms with Gasteiger partial charge in [0.15, 0.2) is 0 Å². The molecular formula is C21H22N6. The molecule has 0 saturated carbocycles. The van der Waals surface area contributed by atoms with E-state index >= 15 is 0 Å². The smallest absolute Gasteiger partial charge is 0.109 e. The Labute approximate surface area is 157 Å². The zero-order valence-electron chi connectivity index (χ0n) is 15.3. The third kappa shape index (κ3) is 2.98. The molecule has 1 aliphatic heterocycles. The molecule has 27 heavy (non-hydrogen) atoms. The molecule has 5 rings (SSSR count). The number of aromatic nitrogens is 4. The first kappa shape index (κ1) is 16.1. The van der Waals surface area contributed by atoms with Gasteiger partial charge < -0.3 is 14.8 Å². The number of likely N-dealkylation sites (N-methyl/N-ethyl adjacent to an activating group) is 1. The quantitative estimate of drug-likeness (QED) is 0.589. The highest BCUT2D eigenvalue weighted by Gasteiger charge is 2.18. The van der Waals surface area contributed by atoms with Crippen LogP contribution in [0.3, 0.4) is 0 Å². The Morgan fingerprint density at radius 1 is 0.926 bits per heavy atom. The van der Waals surface area contributed by atoms with E-state index in [1.165, 1.54) is 11.1 Å². The van der Waals surface area contributed by atoms with E-state index in [1.807, 2.05) is 12.1 Å². The van der Waals surface area contributed by atoms with Crippen LogP contribution in [-0.2, 0) is 0 Å². The molecule has 0 radical (unpaired) electrons. The number of fused-ring (bicyclic) bond motifs is 1. The van der Waals surface area contributed by atoms with E-state index in [2.05, 4.69) is 67.3 Å². The van der Waals surface area contributed by atoms with Gasteiger partial charge in [-0.3, -0.25) is 10.1 Å². The average molecular weight is 358 g/mol. The first-order valence-electron chi connectivity index (χ1n) is 9.29. The van der Waals surface area contributed by atoms with Gasteiger partial charge in [-0.25, -0.2) is 0 Å². The van der Waals surface area contributed by atoms with Gasteiger partial charge in [-0.05, 0) is 43.4 Å². The SMILES string of the molecule is CN1CCN(c2cccc3[nH]c(-c4cc(-c5ccncc5)[nH]n4)cc23)CC1. The van der Waals surface area contributed by atoms with Crippen molar-refractivity contribution >= 4 is 16.6 Å². The maximum absolute atomic E-state index is 4.51. The van der Waals surface area contributed by atoms with Gasteiger partial charge in [0.1, 0.15) is 5.69 Å². The summed E-state index contributed by atoms with van der Waals surface area (Å²) in [5.41, 5.74) is 6.47. The molecule has 0 bridgehead atoms. The van der Waals surface area contributed by atoms with E-state index in [0.29, 0.717) is 0 Å². The molecule has 0 unspecified atom stereocenters. The van der Waals surface area contributed by atoms with Crippen molar-refractivity contribution in [2.45, 2.75) is 0 Å². The number of piperazine rings is 1. The molecule has 4 aromatic rings. The van der Waals surface area contributed by atoms with Crippen molar-refractivity contribution in [1.82, 2.24) is 25.1 Å². The molecule has 4 heterocycles. The Kier molecular flexibility index (Phi) is 3.90. The van der Waals surface area contributed by atoms with Gasteiger partial charge in [-0.2, -0.15) is 5.10 Å². The number of pyridine rings is 1. The minimum atomic E-state index is 0.919. The molecule has 1 aliphatic rings. The van der Waals surface area contributed by atoms with E-state index in [9.17, 15) is 0 Å². The first-order valence-corrected chi connectivity index (χ1v) is 9.29. The second-order valence-electron chi connectivity index (χ2n) is 7.11. The maximum Gasteiger partial charge on any atom is 0.109 e. The van der Waals surface area contributed by atoms with Crippen molar-refractivity contribution in [2.24, 2.45) is 0 Å². The van der Waals surface area contributed by atoms with Gasteiger partial charge in [-0.1, -0.05) is 6.07 Å². The summed E-state index contributed by atoms with van der Waals surface area (Å²) in [6.07, 6.45) is 3.59. The number of nitrogens with one attached hydrogen (secondary N) is 2. The highest BCUT2D eigenvalue weighted by Crippen LogP contribution is 2.32. The number of anilines is 1. The summed E-state index contributed by atoms with van der Waals surface area (Å²) >= 11 is 0. The number of hydrogen-bond acceptors (Lipinski definition) is 4. The molecular weight excluding hydrogens is 336 g/mol. The summed E-state index contributed by atoms with van der Waals surface area (Å²) in [5.74, 6) is 0. The third-order valence-electron chi connectivity index (χ3n) is 5.33. The fourth-order valence-electron chi connectivity index (χ4n) is 3.74. The van der Waals surface area contributed by atoms with Crippen LogP contribution in [0.25, 0.3) is 33.5 Å². The van der Waals surface area contributed by atoms with Gasteiger partial charge in [0.2, 0.25) is 0 Å². The van der Waals surface area contributed by atoms with Crippen LogP contribution in [0.4, 0.5) is 5.69 Å². The van der Waals surface area contributed by atoms with E-state index in [4.69, 9.17) is 0 Å². The largest absolute Gasteiger partial charge is 0.368 e. The Bertz CT molecular complexity index is 1060. The minimum absolute atomic E-state index is 0.919. The topological polar surface area (TPSA) is 63.8 Å². The van der Waals surface area contributed by atoms with E-state index in [1.54, 1.807) is 12.4 Å². The average Bonchev–Trinajstić information content (AvgIpc) is 3.36. The summed E-state index contributed by atoms with van der Waals surface area (Å²) in [7, 11) is 2.18. The molecule has 6 nitrogen and oxygen atoms in total. The molecule has 0 aliphatic carbocycles. The van der Waals surface area contributed by atoms with Crippen molar-refractivity contribution in [3.63, 3.8) is 0 Å². The van der Waals surface area contributed by atoms with Crippen LogP contribution in [-0.4, -0.2) is 58.3 Å². The summed E-state index contributed by atoms with van der Waals surface area (Å²) in [6, 6.07) is 14.7. The molecule has 1 fully saturated rings. The molecule has 1 aromatic carbocycles. The van der Waals surface area contributed by atoms with Gasteiger partial charge in [0.05, 0.1) is 11.4 Å². The lowest BCUT2D eigenvalue weighted by atomic mass is 10.1. The molecule has 0 spiro atoms. The Balaban J connectivity index is 1.50. The van der Waals surface area contributed by atoms with Crippen molar-refractivity contribution < 1.29 is 0 Å². The van der Waals surface area contributed by atoms with Gasteiger partial charge >= 0.3 is 0 Å². The molecule has 0 amide bonds. The standard InChI is InChI=1S/C21H22N6/c1-26-9-11-27(12-10-26)21-4-2-3-17-16(21)13-19(23-17)20-14-18(24-25-20)15-5-7-22-8-6-15/h2-8,13-14,23H,9-12H2,1H3,(H,24,25). The van der Waals surface area contributed by atoms with Crippen LogP contribution in [0.5, 0.6) is 0 Å². The number of H-pyrrole nitrogens is 2. The van der Waals surface area contributed by atoms with Crippen molar-refractivity contribution in [3.05, 3.63) is 54.9 Å². The molecule has 3 aromatic heterocycles. The molecule has 136 valence electrons. The lowest BCUT2D eigenvalue weighted by Crippen LogP contribution is -2.44. The number of benzene rings is 1. The predicted octanol–water partition coefficient (Wildman–Crippen LogP) is 3.37. The summed E-state index contributed by atoms with van der Waals surface area (Å²) < 4.78 is 0. The monoisotopic (exact) mass is 358 g/mol. The fraction of sp³-hybridized carbons (Fsp3) is 0.238. The lowest BCUT2D eigenvalue weighted by Gasteiger charge is -2.34. The Hall–Kier alpha value is -3.12.